The van der Waals surface area contributed by atoms with E-state index >= 15 is 0 Å². The number of hydrogen-bond acceptors (Lipinski definition) is 5. The van der Waals surface area contributed by atoms with Gasteiger partial charge in [-0.2, -0.15) is 0 Å². The molecule has 2 aromatic rings. The number of hydrogen-bond donors (Lipinski definition) is 2. The minimum absolute atomic E-state index is 0.0330. The fourth-order valence-corrected chi connectivity index (χ4v) is 3.20. The number of primary sulfonamides is 1. The zero-order valence-corrected chi connectivity index (χ0v) is 12.5. The first-order valence-corrected chi connectivity index (χ1v) is 8.97. The maximum atomic E-state index is 12.0. The molecule has 0 saturated carbocycles. The Kier molecular flexibility index (Phi) is 4.47. The molecular weight excluding hydrogens is 316 g/mol. The molecule has 0 radical (unpaired) electrons. The van der Waals surface area contributed by atoms with Crippen LogP contribution in [0.15, 0.2) is 56.9 Å². The van der Waals surface area contributed by atoms with Gasteiger partial charge in [-0.05, 0) is 36.4 Å². The lowest BCUT2D eigenvalue weighted by Gasteiger charge is -2.06. The molecule has 0 atom stereocenters. The molecule has 3 N–H and O–H groups in total. The third kappa shape index (κ3) is 4.14. The van der Waals surface area contributed by atoms with Gasteiger partial charge in [0.05, 0.1) is 16.1 Å². The van der Waals surface area contributed by atoms with Crippen molar-refractivity contribution in [3.63, 3.8) is 0 Å². The minimum atomic E-state index is -3.84. The molecule has 0 aliphatic carbocycles. The number of nitrogens with two attached hydrogens (primary N) is 1. The van der Waals surface area contributed by atoms with Crippen LogP contribution in [0.4, 0.5) is 0 Å². The highest BCUT2D eigenvalue weighted by atomic mass is 32.2. The summed E-state index contributed by atoms with van der Waals surface area (Å²) >= 11 is 0. The van der Waals surface area contributed by atoms with Gasteiger partial charge in [-0.3, -0.25) is 0 Å². The lowest BCUT2D eigenvalue weighted by molar-refractivity contribution is 0.506. The van der Waals surface area contributed by atoms with E-state index in [-0.39, 0.29) is 16.3 Å². The van der Waals surface area contributed by atoms with E-state index in [4.69, 9.17) is 9.56 Å². The molecule has 0 aliphatic heterocycles. The Morgan fingerprint density at radius 3 is 2.14 bits per heavy atom. The standard InChI is InChI=1S/C12H14N2O5S2/c13-20(15,16)11-3-5-12(6-4-11)21(17,18)14-8-7-10-2-1-9-19-10/h1-6,9,14H,7-8H2,(H2,13,15,16). The first-order chi connectivity index (χ1) is 9.79. The van der Waals surface area contributed by atoms with E-state index in [9.17, 15) is 16.8 Å². The molecule has 0 saturated heterocycles. The van der Waals surface area contributed by atoms with Crippen molar-refractivity contribution in [1.29, 1.82) is 0 Å². The lowest BCUT2D eigenvalue weighted by atomic mass is 10.3. The van der Waals surface area contributed by atoms with Gasteiger partial charge in [-0.1, -0.05) is 0 Å². The summed E-state index contributed by atoms with van der Waals surface area (Å²) in [5.41, 5.74) is 0. The fourth-order valence-electron chi connectivity index (χ4n) is 1.66. The molecule has 1 aromatic heterocycles. The van der Waals surface area contributed by atoms with Crippen LogP contribution in [-0.4, -0.2) is 23.4 Å². The average molecular weight is 330 g/mol. The molecule has 0 amide bonds. The number of benzene rings is 1. The van der Waals surface area contributed by atoms with Crippen LogP contribution >= 0.6 is 0 Å². The van der Waals surface area contributed by atoms with Gasteiger partial charge in [0.25, 0.3) is 0 Å². The van der Waals surface area contributed by atoms with E-state index in [1.54, 1.807) is 12.1 Å². The van der Waals surface area contributed by atoms with Crippen LogP contribution in [0.5, 0.6) is 0 Å². The molecule has 9 heteroatoms. The summed E-state index contributed by atoms with van der Waals surface area (Å²) in [5.74, 6) is 0.669. The van der Waals surface area contributed by atoms with Crippen LogP contribution in [0.25, 0.3) is 0 Å². The summed E-state index contributed by atoms with van der Waals surface area (Å²) < 4.78 is 53.7. The monoisotopic (exact) mass is 330 g/mol. The number of sulfonamides is 2. The molecule has 0 fully saturated rings. The van der Waals surface area contributed by atoms with E-state index in [1.807, 2.05) is 0 Å². The quantitative estimate of drug-likeness (QED) is 0.797. The van der Waals surface area contributed by atoms with Gasteiger partial charge in [-0.25, -0.2) is 26.7 Å². The smallest absolute Gasteiger partial charge is 0.240 e. The predicted molar refractivity (Wildman–Crippen MR) is 75.4 cm³/mol. The first kappa shape index (κ1) is 15.7. The van der Waals surface area contributed by atoms with Crippen LogP contribution in [0, 0.1) is 0 Å². The van der Waals surface area contributed by atoms with Crippen molar-refractivity contribution >= 4 is 20.0 Å². The predicted octanol–water partition coefficient (Wildman–Crippen LogP) is 0.448. The molecule has 2 rings (SSSR count). The normalized spacial score (nSPS) is 12.4. The summed E-state index contributed by atoms with van der Waals surface area (Å²) in [5, 5.41) is 4.95. The Labute approximate surface area is 122 Å². The maximum absolute atomic E-state index is 12.0. The molecule has 1 heterocycles. The van der Waals surface area contributed by atoms with Crippen LogP contribution in [-0.2, 0) is 26.5 Å². The summed E-state index contributed by atoms with van der Waals surface area (Å²) in [6.45, 7) is 0.173. The highest BCUT2D eigenvalue weighted by molar-refractivity contribution is 7.89. The summed E-state index contributed by atoms with van der Waals surface area (Å²) in [7, 11) is -7.54. The third-order valence-electron chi connectivity index (χ3n) is 2.71. The van der Waals surface area contributed by atoms with Crippen LogP contribution in [0.2, 0.25) is 0 Å². The molecule has 114 valence electrons. The van der Waals surface area contributed by atoms with Crippen molar-refractivity contribution in [3.8, 4) is 0 Å². The zero-order chi connectivity index (χ0) is 15.5. The van der Waals surface area contributed by atoms with E-state index in [0.717, 1.165) is 12.1 Å². The first-order valence-electron chi connectivity index (χ1n) is 5.94. The van der Waals surface area contributed by atoms with Crippen LogP contribution < -0.4 is 9.86 Å². The second-order valence-corrected chi connectivity index (χ2v) is 7.57. The maximum Gasteiger partial charge on any atom is 0.240 e. The van der Waals surface area contributed by atoms with Crippen molar-refractivity contribution in [2.24, 2.45) is 5.14 Å². The highest BCUT2D eigenvalue weighted by Gasteiger charge is 2.15. The van der Waals surface area contributed by atoms with E-state index < -0.39 is 20.0 Å². The summed E-state index contributed by atoms with van der Waals surface area (Å²) in [6, 6.07) is 8.14. The second-order valence-electron chi connectivity index (χ2n) is 4.24. The summed E-state index contributed by atoms with van der Waals surface area (Å²) in [4.78, 5) is -0.175. The van der Waals surface area contributed by atoms with Gasteiger partial charge >= 0.3 is 0 Å². The van der Waals surface area contributed by atoms with Gasteiger partial charge in [0.1, 0.15) is 5.76 Å². The van der Waals surface area contributed by atoms with Gasteiger partial charge in [0.15, 0.2) is 0 Å². The van der Waals surface area contributed by atoms with Gasteiger partial charge < -0.3 is 4.42 Å². The molecule has 0 aliphatic rings. The topological polar surface area (TPSA) is 119 Å². The largest absolute Gasteiger partial charge is 0.469 e. The number of furan rings is 1. The van der Waals surface area contributed by atoms with Gasteiger partial charge in [0, 0.05) is 13.0 Å². The Morgan fingerprint density at radius 1 is 1.00 bits per heavy atom. The molecule has 0 bridgehead atoms. The Bertz CT molecular complexity index is 794. The van der Waals surface area contributed by atoms with Gasteiger partial charge in [-0.15, -0.1) is 0 Å². The third-order valence-corrected chi connectivity index (χ3v) is 5.11. The van der Waals surface area contributed by atoms with Crippen molar-refractivity contribution in [2.45, 2.75) is 16.2 Å². The molecule has 7 nitrogen and oxygen atoms in total. The highest BCUT2D eigenvalue weighted by Crippen LogP contribution is 2.13. The Balaban J connectivity index is 2.05. The number of nitrogens with one attached hydrogen (secondary N) is 1. The second kappa shape index (κ2) is 5.98. The van der Waals surface area contributed by atoms with Crippen molar-refractivity contribution < 1.29 is 21.3 Å². The van der Waals surface area contributed by atoms with Crippen molar-refractivity contribution in [1.82, 2.24) is 4.72 Å². The van der Waals surface area contributed by atoms with Gasteiger partial charge in [0.2, 0.25) is 20.0 Å². The average Bonchev–Trinajstić information content (AvgIpc) is 2.91. The van der Waals surface area contributed by atoms with Crippen molar-refractivity contribution in [2.75, 3.05) is 6.54 Å². The Hall–Kier alpha value is -1.68. The molecular formula is C12H14N2O5S2. The molecule has 21 heavy (non-hydrogen) atoms. The zero-order valence-electron chi connectivity index (χ0n) is 10.9. The minimum Gasteiger partial charge on any atom is -0.469 e. The Morgan fingerprint density at radius 2 is 1.62 bits per heavy atom. The molecule has 0 unspecified atom stereocenters. The van der Waals surface area contributed by atoms with E-state index in [0.29, 0.717) is 12.2 Å². The fraction of sp³-hybridized carbons (Fsp3) is 0.167. The van der Waals surface area contributed by atoms with Crippen molar-refractivity contribution in [3.05, 3.63) is 48.4 Å². The van der Waals surface area contributed by atoms with Crippen LogP contribution in [0.3, 0.4) is 0 Å². The van der Waals surface area contributed by atoms with E-state index in [1.165, 1.54) is 18.4 Å². The summed E-state index contributed by atoms with van der Waals surface area (Å²) in [6.07, 6.45) is 1.93. The SMILES string of the molecule is NS(=O)(=O)c1ccc(S(=O)(=O)NCCc2ccco2)cc1. The number of rotatable bonds is 6. The molecule has 0 spiro atoms. The lowest BCUT2D eigenvalue weighted by Crippen LogP contribution is -2.26. The molecule has 1 aromatic carbocycles. The van der Waals surface area contributed by atoms with E-state index in [2.05, 4.69) is 4.72 Å². The van der Waals surface area contributed by atoms with Crippen LogP contribution in [0.1, 0.15) is 5.76 Å².